The maximum atomic E-state index is 12.0. The van der Waals surface area contributed by atoms with Gasteiger partial charge in [-0.3, -0.25) is 4.79 Å². The number of nitrogens with one attached hydrogen (secondary N) is 1. The molecule has 1 fully saturated rings. The zero-order chi connectivity index (χ0) is 13.7. The Balaban J connectivity index is 1.74. The minimum absolute atomic E-state index is 0.0893. The van der Waals surface area contributed by atoms with Crippen LogP contribution in [0.1, 0.15) is 43.1 Å². The molecule has 1 aromatic rings. The third kappa shape index (κ3) is 3.73. The van der Waals surface area contributed by atoms with Crippen molar-refractivity contribution in [1.29, 1.82) is 0 Å². The van der Waals surface area contributed by atoms with Crippen LogP contribution in [0, 0.1) is 0 Å². The van der Waals surface area contributed by atoms with Crippen molar-refractivity contribution in [1.82, 2.24) is 9.88 Å². The van der Waals surface area contributed by atoms with E-state index >= 15 is 0 Å². The van der Waals surface area contributed by atoms with Gasteiger partial charge in [0.2, 0.25) is 0 Å². The first-order valence-electron chi connectivity index (χ1n) is 7.06. The summed E-state index contributed by atoms with van der Waals surface area (Å²) in [5.41, 5.74) is 6.94. The van der Waals surface area contributed by atoms with E-state index in [1.165, 1.54) is 12.8 Å². The highest BCUT2D eigenvalue weighted by atomic mass is 16.5. The molecular formula is C14H23N3O2. The molecule has 0 unspecified atom stereocenters. The molecule has 106 valence electrons. The highest BCUT2D eigenvalue weighted by molar-refractivity contribution is 5.93. The number of rotatable bonds is 6. The molecule has 3 N–H and O–H groups in total. The lowest BCUT2D eigenvalue weighted by Crippen LogP contribution is -2.29. The van der Waals surface area contributed by atoms with Crippen molar-refractivity contribution in [2.24, 2.45) is 0 Å². The largest absolute Gasteiger partial charge is 0.397 e. The van der Waals surface area contributed by atoms with Crippen LogP contribution < -0.4 is 11.1 Å². The van der Waals surface area contributed by atoms with Crippen LogP contribution in [-0.4, -0.2) is 29.7 Å². The van der Waals surface area contributed by atoms with E-state index in [0.717, 1.165) is 19.4 Å². The van der Waals surface area contributed by atoms with Crippen molar-refractivity contribution in [3.63, 3.8) is 0 Å². The van der Waals surface area contributed by atoms with Gasteiger partial charge in [0.15, 0.2) is 0 Å². The number of anilines is 1. The minimum Gasteiger partial charge on any atom is -0.397 e. The fourth-order valence-corrected chi connectivity index (χ4v) is 2.52. The Bertz CT molecular complexity index is 422. The normalized spacial score (nSPS) is 15.8. The van der Waals surface area contributed by atoms with E-state index in [1.54, 1.807) is 12.3 Å². The summed E-state index contributed by atoms with van der Waals surface area (Å²) in [6, 6.07) is 1.71. The molecule has 1 amide bonds. The number of amides is 1. The average molecular weight is 265 g/mol. The van der Waals surface area contributed by atoms with E-state index in [9.17, 15) is 4.79 Å². The lowest BCUT2D eigenvalue weighted by molar-refractivity contribution is 0.0580. The van der Waals surface area contributed by atoms with Gasteiger partial charge in [0.25, 0.3) is 5.91 Å². The van der Waals surface area contributed by atoms with Crippen molar-refractivity contribution in [2.75, 3.05) is 18.9 Å². The Kier molecular flexibility index (Phi) is 4.85. The quantitative estimate of drug-likeness (QED) is 0.770. The Morgan fingerprint density at radius 1 is 1.53 bits per heavy atom. The van der Waals surface area contributed by atoms with Crippen LogP contribution in [0.15, 0.2) is 12.3 Å². The van der Waals surface area contributed by atoms with Gasteiger partial charge >= 0.3 is 0 Å². The molecule has 5 heteroatoms. The predicted octanol–water partition coefficient (Wildman–Crippen LogP) is 1.78. The number of carbonyl (C=O) groups is 1. The van der Waals surface area contributed by atoms with Crippen LogP contribution in [0.3, 0.4) is 0 Å². The Labute approximate surface area is 114 Å². The van der Waals surface area contributed by atoms with E-state index < -0.39 is 0 Å². The van der Waals surface area contributed by atoms with Crippen molar-refractivity contribution in [2.45, 2.75) is 45.3 Å². The number of nitrogens with two attached hydrogens (primary N) is 1. The number of carbonyl (C=O) groups excluding carboxylic acids is 1. The summed E-state index contributed by atoms with van der Waals surface area (Å²) in [6.07, 6.45) is 7.02. The first-order valence-corrected chi connectivity index (χ1v) is 7.06. The van der Waals surface area contributed by atoms with Crippen LogP contribution >= 0.6 is 0 Å². The molecule has 1 heterocycles. The van der Waals surface area contributed by atoms with Crippen LogP contribution in [0.25, 0.3) is 0 Å². The molecule has 1 saturated carbocycles. The fourth-order valence-electron chi connectivity index (χ4n) is 2.52. The first kappa shape index (κ1) is 13.9. The molecule has 0 atom stereocenters. The lowest BCUT2D eigenvalue weighted by atomic mass is 10.3. The summed E-state index contributed by atoms with van der Waals surface area (Å²) in [5.74, 6) is -0.0893. The average Bonchev–Trinajstić information content (AvgIpc) is 3.03. The van der Waals surface area contributed by atoms with Crippen LogP contribution in [0.2, 0.25) is 0 Å². The minimum atomic E-state index is -0.0893. The highest BCUT2D eigenvalue weighted by Crippen LogP contribution is 2.20. The van der Waals surface area contributed by atoms with Gasteiger partial charge in [-0.1, -0.05) is 12.8 Å². The second kappa shape index (κ2) is 6.61. The number of nitrogens with zero attached hydrogens (tertiary/aromatic N) is 1. The molecule has 2 rings (SSSR count). The summed E-state index contributed by atoms with van der Waals surface area (Å²) in [6.45, 7) is 3.85. The van der Waals surface area contributed by atoms with Gasteiger partial charge in [0.1, 0.15) is 5.69 Å². The topological polar surface area (TPSA) is 69.3 Å². The van der Waals surface area contributed by atoms with Crippen molar-refractivity contribution in [3.05, 3.63) is 18.0 Å². The van der Waals surface area contributed by atoms with Crippen LogP contribution in [0.5, 0.6) is 0 Å². The van der Waals surface area contributed by atoms with Crippen molar-refractivity contribution in [3.8, 4) is 0 Å². The molecule has 1 aromatic heterocycles. The highest BCUT2D eigenvalue weighted by Gasteiger charge is 2.15. The maximum absolute atomic E-state index is 12.0. The van der Waals surface area contributed by atoms with Gasteiger partial charge in [0, 0.05) is 19.3 Å². The molecule has 0 radical (unpaired) electrons. The number of aryl methyl sites for hydroxylation is 1. The SMILES string of the molecule is CCn1cc(N)cc1C(=O)NCCOC1CCCC1. The van der Waals surface area contributed by atoms with Crippen LogP contribution in [-0.2, 0) is 11.3 Å². The van der Waals surface area contributed by atoms with E-state index in [1.807, 2.05) is 11.5 Å². The number of hydrogen-bond acceptors (Lipinski definition) is 3. The third-order valence-corrected chi connectivity index (χ3v) is 3.53. The monoisotopic (exact) mass is 265 g/mol. The standard InChI is InChI=1S/C14H23N3O2/c1-2-17-10-11(15)9-13(17)14(18)16-7-8-19-12-5-3-4-6-12/h9-10,12H,2-8,15H2,1H3,(H,16,18). The molecular weight excluding hydrogens is 242 g/mol. The van der Waals surface area contributed by atoms with Gasteiger partial charge in [-0.05, 0) is 25.8 Å². The Hall–Kier alpha value is -1.49. The van der Waals surface area contributed by atoms with E-state index in [4.69, 9.17) is 10.5 Å². The van der Waals surface area contributed by atoms with Crippen molar-refractivity contribution < 1.29 is 9.53 Å². The van der Waals surface area contributed by atoms with Crippen LogP contribution in [0.4, 0.5) is 5.69 Å². The molecule has 0 bridgehead atoms. The zero-order valence-electron chi connectivity index (χ0n) is 11.5. The summed E-state index contributed by atoms with van der Waals surface area (Å²) in [5, 5.41) is 2.87. The van der Waals surface area contributed by atoms with Gasteiger partial charge in [-0.2, -0.15) is 0 Å². The smallest absolute Gasteiger partial charge is 0.268 e. The summed E-state index contributed by atoms with van der Waals surface area (Å²) >= 11 is 0. The van der Waals surface area contributed by atoms with E-state index in [0.29, 0.717) is 30.6 Å². The number of nitrogen functional groups attached to an aromatic ring is 1. The van der Waals surface area contributed by atoms with Gasteiger partial charge in [-0.15, -0.1) is 0 Å². The predicted molar refractivity (Wildman–Crippen MR) is 75.1 cm³/mol. The molecule has 0 aliphatic heterocycles. The molecule has 0 aromatic carbocycles. The summed E-state index contributed by atoms with van der Waals surface area (Å²) in [7, 11) is 0. The van der Waals surface area contributed by atoms with Gasteiger partial charge < -0.3 is 20.4 Å². The van der Waals surface area contributed by atoms with Crippen molar-refractivity contribution >= 4 is 11.6 Å². The first-order chi connectivity index (χ1) is 9.20. The molecule has 0 spiro atoms. The Morgan fingerprint density at radius 3 is 2.95 bits per heavy atom. The van der Waals surface area contributed by atoms with Gasteiger partial charge in [0.05, 0.1) is 18.4 Å². The zero-order valence-corrected chi connectivity index (χ0v) is 11.5. The third-order valence-electron chi connectivity index (χ3n) is 3.53. The Morgan fingerprint density at radius 2 is 2.26 bits per heavy atom. The fraction of sp³-hybridized carbons (Fsp3) is 0.643. The van der Waals surface area contributed by atoms with Gasteiger partial charge in [-0.25, -0.2) is 0 Å². The number of hydrogen-bond donors (Lipinski definition) is 2. The number of aromatic nitrogens is 1. The van der Waals surface area contributed by atoms with E-state index in [2.05, 4.69) is 5.32 Å². The summed E-state index contributed by atoms with van der Waals surface area (Å²) < 4.78 is 7.55. The lowest BCUT2D eigenvalue weighted by Gasteiger charge is -2.12. The van der Waals surface area contributed by atoms with E-state index in [-0.39, 0.29) is 5.91 Å². The molecule has 19 heavy (non-hydrogen) atoms. The molecule has 1 aliphatic carbocycles. The molecule has 1 aliphatic rings. The second-order valence-electron chi connectivity index (χ2n) is 4.98. The second-order valence-corrected chi connectivity index (χ2v) is 4.98. The maximum Gasteiger partial charge on any atom is 0.268 e. The molecule has 0 saturated heterocycles. The summed E-state index contributed by atoms with van der Waals surface area (Å²) in [4.78, 5) is 12.0. The molecule has 5 nitrogen and oxygen atoms in total. The number of ether oxygens (including phenoxy) is 1.